The van der Waals surface area contributed by atoms with Crippen molar-refractivity contribution in [3.63, 3.8) is 0 Å². The van der Waals surface area contributed by atoms with Gasteiger partial charge in [0.2, 0.25) is 5.91 Å². The Labute approximate surface area is 162 Å². The molecule has 6 heteroatoms. The lowest BCUT2D eigenvalue weighted by atomic mass is 9.90. The van der Waals surface area contributed by atoms with Gasteiger partial charge in [-0.1, -0.05) is 30.3 Å². The highest BCUT2D eigenvalue weighted by Crippen LogP contribution is 2.31. The number of hydrogen-bond acceptors (Lipinski definition) is 5. The number of carbonyl (C=O) groups excluding carboxylic acids is 1. The van der Waals surface area contributed by atoms with Crippen LogP contribution in [0.25, 0.3) is 0 Å². The average Bonchev–Trinajstić information content (AvgIpc) is 3.19. The molecule has 1 atom stereocenters. The van der Waals surface area contributed by atoms with Gasteiger partial charge in [-0.15, -0.1) is 0 Å². The molecular formula is C21H31N3O3. The first-order valence-corrected chi connectivity index (χ1v) is 10.1. The molecule has 1 amide bonds. The lowest BCUT2D eigenvalue weighted by molar-refractivity contribution is -0.201. The summed E-state index contributed by atoms with van der Waals surface area (Å²) >= 11 is 0. The Morgan fingerprint density at radius 2 is 1.93 bits per heavy atom. The number of amides is 1. The summed E-state index contributed by atoms with van der Waals surface area (Å²) < 4.78 is 12.0. The van der Waals surface area contributed by atoms with Gasteiger partial charge >= 0.3 is 0 Å². The second-order valence-corrected chi connectivity index (χ2v) is 8.21. The Kier molecular flexibility index (Phi) is 5.78. The normalized spacial score (nSPS) is 25.7. The van der Waals surface area contributed by atoms with E-state index < -0.39 is 0 Å². The number of carbonyl (C=O) groups is 1. The molecule has 1 aromatic rings. The molecule has 1 aromatic carbocycles. The van der Waals surface area contributed by atoms with Crippen LogP contribution in [0.2, 0.25) is 0 Å². The first-order valence-electron chi connectivity index (χ1n) is 10.1. The van der Waals surface area contributed by atoms with Crippen molar-refractivity contribution in [2.45, 2.75) is 31.1 Å². The number of morpholine rings is 1. The van der Waals surface area contributed by atoms with Gasteiger partial charge in [-0.2, -0.15) is 0 Å². The van der Waals surface area contributed by atoms with E-state index in [0.29, 0.717) is 13.2 Å². The summed E-state index contributed by atoms with van der Waals surface area (Å²) in [5.41, 5.74) is 1.11. The third-order valence-electron chi connectivity index (χ3n) is 6.01. The van der Waals surface area contributed by atoms with Crippen LogP contribution in [0.15, 0.2) is 30.3 Å². The minimum atomic E-state index is -0.114. The lowest BCUT2D eigenvalue weighted by Gasteiger charge is -2.55. The van der Waals surface area contributed by atoms with Gasteiger partial charge in [0.05, 0.1) is 19.8 Å². The Hall–Kier alpha value is -1.47. The predicted octanol–water partition coefficient (Wildman–Crippen LogP) is 1.21. The molecule has 1 spiro atoms. The fourth-order valence-corrected chi connectivity index (χ4v) is 4.48. The van der Waals surface area contributed by atoms with E-state index >= 15 is 0 Å². The first kappa shape index (κ1) is 18.9. The molecule has 0 bridgehead atoms. The van der Waals surface area contributed by atoms with Crippen LogP contribution in [-0.2, 0) is 20.9 Å². The van der Waals surface area contributed by atoms with E-state index in [1.807, 2.05) is 23.1 Å². The van der Waals surface area contributed by atoms with Gasteiger partial charge < -0.3 is 14.4 Å². The Morgan fingerprint density at radius 3 is 2.63 bits per heavy atom. The monoisotopic (exact) mass is 373 g/mol. The molecule has 0 saturated carbocycles. The Bertz CT molecular complexity index is 627. The summed E-state index contributed by atoms with van der Waals surface area (Å²) in [6.07, 6.45) is 2.27. The van der Waals surface area contributed by atoms with Crippen molar-refractivity contribution in [1.29, 1.82) is 0 Å². The fourth-order valence-electron chi connectivity index (χ4n) is 4.48. The minimum Gasteiger partial charge on any atom is -0.375 e. The van der Waals surface area contributed by atoms with E-state index in [1.54, 1.807) is 0 Å². The molecule has 3 heterocycles. The third-order valence-corrected chi connectivity index (χ3v) is 6.01. The summed E-state index contributed by atoms with van der Waals surface area (Å²) in [5, 5.41) is 0. The Balaban J connectivity index is 1.16. The number of hydrogen-bond donors (Lipinski definition) is 0. The number of nitrogens with zero attached hydrogens (tertiary/aromatic N) is 3. The predicted molar refractivity (Wildman–Crippen MR) is 103 cm³/mol. The van der Waals surface area contributed by atoms with Gasteiger partial charge in [-0.05, 0) is 25.5 Å². The molecule has 148 valence electrons. The zero-order chi connectivity index (χ0) is 18.7. The van der Waals surface area contributed by atoms with Crippen LogP contribution in [0, 0.1) is 0 Å². The highest BCUT2D eigenvalue weighted by molar-refractivity contribution is 5.82. The summed E-state index contributed by atoms with van der Waals surface area (Å²) in [5.74, 6) is 0.246. The highest BCUT2D eigenvalue weighted by Gasteiger charge is 2.49. The zero-order valence-electron chi connectivity index (χ0n) is 16.3. The summed E-state index contributed by atoms with van der Waals surface area (Å²) in [6.45, 7) is 7.35. The van der Waals surface area contributed by atoms with Crippen LogP contribution in [0.3, 0.4) is 0 Å². The largest absolute Gasteiger partial charge is 0.375 e. The van der Waals surface area contributed by atoms with Crippen molar-refractivity contribution >= 4 is 5.91 Å². The molecule has 3 saturated heterocycles. The van der Waals surface area contributed by atoms with Gasteiger partial charge in [0.1, 0.15) is 11.6 Å². The quantitative estimate of drug-likeness (QED) is 0.702. The number of benzene rings is 1. The maximum absolute atomic E-state index is 12.7. The number of rotatable bonds is 6. The molecule has 3 aliphatic heterocycles. The van der Waals surface area contributed by atoms with E-state index in [2.05, 4.69) is 29.0 Å². The second kappa shape index (κ2) is 8.27. The van der Waals surface area contributed by atoms with E-state index in [4.69, 9.17) is 9.47 Å². The molecule has 27 heavy (non-hydrogen) atoms. The standard InChI is InChI=1S/C21H31N3O3/c1-22-15-21(27-14-19(22)20(25)24-9-5-6-10-24)16-23(17-21)11-12-26-13-18-7-3-2-4-8-18/h2-4,7-8,19H,5-6,9-17H2,1H3/t19-/m1/s1. The van der Waals surface area contributed by atoms with E-state index in [0.717, 1.165) is 58.7 Å². The van der Waals surface area contributed by atoms with E-state index in [9.17, 15) is 4.79 Å². The van der Waals surface area contributed by atoms with Crippen LogP contribution >= 0.6 is 0 Å². The molecular weight excluding hydrogens is 342 g/mol. The van der Waals surface area contributed by atoms with Crippen molar-refractivity contribution in [2.24, 2.45) is 0 Å². The van der Waals surface area contributed by atoms with Crippen molar-refractivity contribution in [2.75, 3.05) is 59.5 Å². The summed E-state index contributed by atoms with van der Waals surface area (Å²) in [7, 11) is 2.06. The van der Waals surface area contributed by atoms with Crippen LogP contribution in [0.5, 0.6) is 0 Å². The molecule has 6 nitrogen and oxygen atoms in total. The van der Waals surface area contributed by atoms with Crippen LogP contribution in [0.4, 0.5) is 0 Å². The number of likely N-dealkylation sites (tertiary alicyclic amines) is 2. The molecule has 0 aliphatic carbocycles. The third kappa shape index (κ3) is 4.35. The molecule has 0 aromatic heterocycles. The fraction of sp³-hybridized carbons (Fsp3) is 0.667. The molecule has 3 fully saturated rings. The second-order valence-electron chi connectivity index (χ2n) is 8.21. The highest BCUT2D eigenvalue weighted by atomic mass is 16.5. The maximum Gasteiger partial charge on any atom is 0.242 e. The molecule has 0 N–H and O–H groups in total. The smallest absolute Gasteiger partial charge is 0.242 e. The van der Waals surface area contributed by atoms with Crippen molar-refractivity contribution < 1.29 is 14.3 Å². The molecule has 3 aliphatic rings. The molecule has 0 unspecified atom stereocenters. The van der Waals surface area contributed by atoms with Gasteiger partial charge in [-0.25, -0.2) is 0 Å². The van der Waals surface area contributed by atoms with Gasteiger partial charge in [0.25, 0.3) is 0 Å². The van der Waals surface area contributed by atoms with Gasteiger partial charge in [0, 0.05) is 39.3 Å². The van der Waals surface area contributed by atoms with Crippen LogP contribution in [-0.4, -0.2) is 91.8 Å². The topological polar surface area (TPSA) is 45.3 Å². The van der Waals surface area contributed by atoms with Gasteiger partial charge in [-0.3, -0.25) is 14.6 Å². The van der Waals surface area contributed by atoms with Gasteiger partial charge in [0.15, 0.2) is 0 Å². The maximum atomic E-state index is 12.7. The van der Waals surface area contributed by atoms with Crippen LogP contribution in [0.1, 0.15) is 18.4 Å². The Morgan fingerprint density at radius 1 is 1.19 bits per heavy atom. The van der Waals surface area contributed by atoms with Crippen molar-refractivity contribution in [3.05, 3.63) is 35.9 Å². The SMILES string of the molecule is CN1CC2(CN(CCOCc3ccccc3)C2)OC[C@@H]1C(=O)N1CCCC1. The van der Waals surface area contributed by atoms with Crippen molar-refractivity contribution in [3.8, 4) is 0 Å². The van der Waals surface area contributed by atoms with Crippen molar-refractivity contribution in [1.82, 2.24) is 14.7 Å². The summed E-state index contributed by atoms with van der Waals surface area (Å²) in [6, 6.07) is 10.2. The van der Waals surface area contributed by atoms with Crippen LogP contribution < -0.4 is 0 Å². The van der Waals surface area contributed by atoms with E-state index in [-0.39, 0.29) is 17.6 Å². The molecule has 4 rings (SSSR count). The molecule has 0 radical (unpaired) electrons. The average molecular weight is 373 g/mol. The lowest BCUT2D eigenvalue weighted by Crippen LogP contribution is -2.72. The first-order chi connectivity index (χ1) is 13.2. The summed E-state index contributed by atoms with van der Waals surface area (Å²) in [4.78, 5) is 19.2. The van der Waals surface area contributed by atoms with E-state index in [1.165, 1.54) is 5.56 Å². The number of likely N-dealkylation sites (N-methyl/N-ethyl adjacent to an activating group) is 1. The number of ether oxygens (including phenoxy) is 2. The minimum absolute atomic E-state index is 0.101. The zero-order valence-corrected chi connectivity index (χ0v) is 16.3.